The van der Waals surface area contributed by atoms with Gasteiger partial charge in [-0.25, -0.2) is 4.68 Å². The second-order valence-electron chi connectivity index (χ2n) is 5.89. The fraction of sp³-hybridized carbons (Fsp3) is 0.412. The first kappa shape index (κ1) is 16.7. The molecule has 0 amide bonds. The Morgan fingerprint density at radius 3 is 2.39 bits per heavy atom. The molecule has 6 heteroatoms. The van der Waals surface area contributed by atoms with E-state index in [2.05, 4.69) is 49.2 Å². The molecule has 120 valence electrons. The third-order valence-electron chi connectivity index (χ3n) is 3.41. The van der Waals surface area contributed by atoms with E-state index >= 15 is 0 Å². The maximum Gasteiger partial charge on any atom is 0.193 e. The van der Waals surface area contributed by atoms with E-state index in [0.717, 1.165) is 5.56 Å². The summed E-state index contributed by atoms with van der Waals surface area (Å²) in [6.45, 7) is 8.80. The Bertz CT molecular complexity index is 686. The van der Waals surface area contributed by atoms with Crippen LogP contribution in [0.1, 0.15) is 38.8 Å². The quantitative estimate of drug-likeness (QED) is 0.599. The van der Waals surface area contributed by atoms with E-state index in [1.807, 2.05) is 35.3 Å². The van der Waals surface area contributed by atoms with Gasteiger partial charge < -0.3 is 0 Å². The molecular weight excluding hydrogens is 288 g/mol. The summed E-state index contributed by atoms with van der Waals surface area (Å²) in [4.78, 5) is 0. The van der Waals surface area contributed by atoms with Gasteiger partial charge in [-0.3, -0.25) is 5.01 Å². The average molecular weight is 310 g/mol. The standard InChI is InChI=1S/C17H22N6/c1-13(2)23(14(3)4)21-20-17-16(10-18)11-19-22(17)12-15-8-6-5-7-9-15/h5-9,11,13-14H,12H2,1-4H3/b21-20+. The number of hydrogen-bond acceptors (Lipinski definition) is 4. The van der Waals surface area contributed by atoms with Crippen LogP contribution in [0.2, 0.25) is 0 Å². The number of nitrogens with zero attached hydrogens (tertiary/aromatic N) is 6. The van der Waals surface area contributed by atoms with Crippen molar-refractivity contribution in [2.45, 2.75) is 46.3 Å². The summed E-state index contributed by atoms with van der Waals surface area (Å²) in [5.41, 5.74) is 1.53. The van der Waals surface area contributed by atoms with Crippen molar-refractivity contribution in [3.63, 3.8) is 0 Å². The molecule has 0 atom stereocenters. The van der Waals surface area contributed by atoms with Crippen molar-refractivity contribution in [1.82, 2.24) is 14.8 Å². The molecule has 2 aromatic rings. The summed E-state index contributed by atoms with van der Waals surface area (Å²) in [5, 5.41) is 24.1. The number of benzene rings is 1. The predicted octanol–water partition coefficient (Wildman–Crippen LogP) is 3.92. The van der Waals surface area contributed by atoms with E-state index in [-0.39, 0.29) is 12.1 Å². The van der Waals surface area contributed by atoms with Gasteiger partial charge in [-0.15, -0.1) is 5.11 Å². The highest BCUT2D eigenvalue weighted by molar-refractivity contribution is 5.46. The third kappa shape index (κ3) is 4.16. The van der Waals surface area contributed by atoms with Gasteiger partial charge in [-0.1, -0.05) is 35.6 Å². The molecule has 1 aromatic carbocycles. The van der Waals surface area contributed by atoms with Gasteiger partial charge in [-0.2, -0.15) is 10.4 Å². The molecule has 0 fully saturated rings. The topological polar surface area (TPSA) is 69.6 Å². The highest BCUT2D eigenvalue weighted by Crippen LogP contribution is 2.21. The molecule has 0 bridgehead atoms. The maximum atomic E-state index is 9.26. The van der Waals surface area contributed by atoms with Crippen molar-refractivity contribution >= 4 is 5.82 Å². The minimum absolute atomic E-state index is 0.231. The molecule has 0 saturated carbocycles. The fourth-order valence-corrected chi connectivity index (χ4v) is 2.33. The predicted molar refractivity (Wildman–Crippen MR) is 89.1 cm³/mol. The molecule has 2 rings (SSSR count). The van der Waals surface area contributed by atoms with E-state index in [4.69, 9.17) is 0 Å². The van der Waals surface area contributed by atoms with Crippen molar-refractivity contribution in [3.05, 3.63) is 47.7 Å². The Labute approximate surface area is 137 Å². The van der Waals surface area contributed by atoms with Gasteiger partial charge in [0.05, 0.1) is 12.7 Å². The number of aromatic nitrogens is 2. The highest BCUT2D eigenvalue weighted by Gasteiger charge is 2.14. The second-order valence-corrected chi connectivity index (χ2v) is 5.89. The Kier molecular flexibility index (Phi) is 5.47. The molecule has 0 aliphatic carbocycles. The van der Waals surface area contributed by atoms with Crippen LogP contribution < -0.4 is 0 Å². The normalized spacial score (nSPS) is 11.3. The highest BCUT2D eigenvalue weighted by atomic mass is 15.6. The van der Waals surface area contributed by atoms with Crippen LogP contribution in [0.4, 0.5) is 5.82 Å². The van der Waals surface area contributed by atoms with Gasteiger partial charge in [0.2, 0.25) is 0 Å². The molecule has 0 saturated heterocycles. The molecule has 0 spiro atoms. The third-order valence-corrected chi connectivity index (χ3v) is 3.41. The van der Waals surface area contributed by atoms with Crippen LogP contribution in [0.3, 0.4) is 0 Å². The molecule has 1 heterocycles. The largest absolute Gasteiger partial charge is 0.273 e. The van der Waals surface area contributed by atoms with Crippen molar-refractivity contribution in [1.29, 1.82) is 5.26 Å². The molecule has 1 aromatic heterocycles. The van der Waals surface area contributed by atoms with Crippen molar-refractivity contribution in [3.8, 4) is 6.07 Å². The van der Waals surface area contributed by atoms with E-state index in [1.54, 1.807) is 4.68 Å². The molecule has 0 radical (unpaired) electrons. The van der Waals surface area contributed by atoms with Crippen molar-refractivity contribution in [2.24, 2.45) is 10.3 Å². The van der Waals surface area contributed by atoms with Gasteiger partial charge in [0, 0.05) is 12.1 Å². The van der Waals surface area contributed by atoms with Crippen LogP contribution >= 0.6 is 0 Å². The minimum atomic E-state index is 0.231. The van der Waals surface area contributed by atoms with E-state index in [9.17, 15) is 5.26 Å². The van der Waals surface area contributed by atoms with Gasteiger partial charge in [-0.05, 0) is 33.3 Å². The lowest BCUT2D eigenvalue weighted by Gasteiger charge is -2.25. The summed E-state index contributed by atoms with van der Waals surface area (Å²) in [6.07, 6.45) is 1.53. The Morgan fingerprint density at radius 1 is 1.17 bits per heavy atom. The van der Waals surface area contributed by atoms with Crippen LogP contribution in [-0.4, -0.2) is 26.9 Å². The molecule has 0 N–H and O–H groups in total. The van der Waals surface area contributed by atoms with E-state index in [1.165, 1.54) is 6.20 Å². The first-order valence-corrected chi connectivity index (χ1v) is 7.72. The van der Waals surface area contributed by atoms with E-state index in [0.29, 0.717) is 17.9 Å². The van der Waals surface area contributed by atoms with Crippen LogP contribution in [0.5, 0.6) is 0 Å². The number of nitriles is 1. The van der Waals surface area contributed by atoms with Gasteiger partial charge in [0.1, 0.15) is 11.6 Å². The summed E-state index contributed by atoms with van der Waals surface area (Å²) in [5.74, 6) is 0.489. The number of rotatable bonds is 6. The average Bonchev–Trinajstić information content (AvgIpc) is 2.90. The molecule has 6 nitrogen and oxygen atoms in total. The van der Waals surface area contributed by atoms with Gasteiger partial charge in [0.25, 0.3) is 0 Å². The smallest absolute Gasteiger partial charge is 0.193 e. The van der Waals surface area contributed by atoms with Crippen LogP contribution in [0.15, 0.2) is 46.9 Å². The maximum absolute atomic E-state index is 9.26. The Hall–Kier alpha value is -2.68. The van der Waals surface area contributed by atoms with Gasteiger partial charge in [0.15, 0.2) is 5.82 Å². The second kappa shape index (κ2) is 7.54. The minimum Gasteiger partial charge on any atom is -0.273 e. The van der Waals surface area contributed by atoms with Crippen molar-refractivity contribution < 1.29 is 0 Å². The van der Waals surface area contributed by atoms with E-state index < -0.39 is 0 Å². The SMILES string of the molecule is CC(C)N(/N=N/c1c(C#N)cnn1Cc1ccccc1)C(C)C. The summed E-state index contributed by atoms with van der Waals surface area (Å²) in [7, 11) is 0. The summed E-state index contributed by atoms with van der Waals surface area (Å²) >= 11 is 0. The summed E-state index contributed by atoms with van der Waals surface area (Å²) in [6, 6.07) is 12.5. The van der Waals surface area contributed by atoms with Gasteiger partial charge >= 0.3 is 0 Å². The Balaban J connectivity index is 2.30. The lowest BCUT2D eigenvalue weighted by molar-refractivity contribution is 0.169. The molecule has 0 unspecified atom stereocenters. The lowest BCUT2D eigenvalue weighted by atomic mass is 10.2. The first-order chi connectivity index (χ1) is 11.0. The molecular formula is C17H22N6. The lowest BCUT2D eigenvalue weighted by Crippen LogP contribution is -2.31. The van der Waals surface area contributed by atoms with Crippen LogP contribution in [0.25, 0.3) is 0 Å². The molecule has 23 heavy (non-hydrogen) atoms. The fourth-order valence-electron chi connectivity index (χ4n) is 2.33. The zero-order chi connectivity index (χ0) is 16.8. The zero-order valence-corrected chi connectivity index (χ0v) is 14.0. The summed E-state index contributed by atoms with van der Waals surface area (Å²) < 4.78 is 1.70. The van der Waals surface area contributed by atoms with Crippen LogP contribution in [0, 0.1) is 11.3 Å². The monoisotopic (exact) mass is 310 g/mol. The first-order valence-electron chi connectivity index (χ1n) is 7.72. The van der Waals surface area contributed by atoms with Crippen molar-refractivity contribution in [2.75, 3.05) is 0 Å². The number of hydrogen-bond donors (Lipinski definition) is 0. The van der Waals surface area contributed by atoms with Crippen LogP contribution in [-0.2, 0) is 6.54 Å². The molecule has 0 aliphatic heterocycles. The zero-order valence-electron chi connectivity index (χ0n) is 14.0. The Morgan fingerprint density at radius 2 is 1.83 bits per heavy atom. The molecule has 0 aliphatic rings.